The predicted octanol–water partition coefficient (Wildman–Crippen LogP) is 2.31. The molecule has 1 heterocycles. The van der Waals surface area contributed by atoms with Gasteiger partial charge in [0.2, 0.25) is 5.89 Å². The Morgan fingerprint density at radius 2 is 2.38 bits per heavy atom. The number of rotatable bonds is 3. The zero-order valence-corrected chi connectivity index (χ0v) is 8.08. The normalized spacial score (nSPS) is 24.3. The van der Waals surface area contributed by atoms with Crippen LogP contribution in [0.5, 0.6) is 0 Å². The number of hydrogen-bond donors (Lipinski definition) is 0. The largest absolute Gasteiger partial charge is 0.339 e. The molecule has 3 heteroatoms. The molecule has 1 atom stereocenters. The van der Waals surface area contributed by atoms with Gasteiger partial charge in [0.15, 0.2) is 5.82 Å². The van der Waals surface area contributed by atoms with Gasteiger partial charge in [-0.05, 0) is 11.8 Å². The van der Waals surface area contributed by atoms with E-state index in [0.717, 1.165) is 18.1 Å². The maximum absolute atomic E-state index is 5.17. The van der Waals surface area contributed by atoms with E-state index in [1.54, 1.807) is 6.08 Å². The first-order chi connectivity index (χ1) is 6.13. The molecule has 1 fully saturated rings. The summed E-state index contributed by atoms with van der Waals surface area (Å²) in [7, 11) is 0. The van der Waals surface area contributed by atoms with Crippen molar-refractivity contribution in [3.8, 4) is 0 Å². The van der Waals surface area contributed by atoms with E-state index >= 15 is 0 Å². The standard InChI is InChI=1S/C10H14N2O/c1-4-5-8-11-9(13-12-8)7-6-10(7,2)3/h4,7H,1,5-6H2,2-3H3. The van der Waals surface area contributed by atoms with Crippen molar-refractivity contribution >= 4 is 0 Å². The number of allylic oxidation sites excluding steroid dienone is 1. The molecule has 2 rings (SSSR count). The lowest BCUT2D eigenvalue weighted by molar-refractivity contribution is 0.364. The molecule has 70 valence electrons. The minimum atomic E-state index is 0.359. The summed E-state index contributed by atoms with van der Waals surface area (Å²) < 4.78 is 5.17. The molecule has 1 aliphatic rings. The fourth-order valence-corrected chi connectivity index (χ4v) is 1.51. The second-order valence-corrected chi connectivity index (χ2v) is 4.29. The van der Waals surface area contributed by atoms with Gasteiger partial charge >= 0.3 is 0 Å². The van der Waals surface area contributed by atoms with Gasteiger partial charge in [-0.15, -0.1) is 6.58 Å². The van der Waals surface area contributed by atoms with Gasteiger partial charge < -0.3 is 4.52 Å². The van der Waals surface area contributed by atoms with Crippen LogP contribution in [0.4, 0.5) is 0 Å². The third-order valence-corrected chi connectivity index (χ3v) is 2.62. The van der Waals surface area contributed by atoms with Crippen molar-refractivity contribution in [3.05, 3.63) is 24.4 Å². The van der Waals surface area contributed by atoms with Gasteiger partial charge in [0.1, 0.15) is 0 Å². The molecule has 0 aromatic carbocycles. The Hall–Kier alpha value is -1.12. The van der Waals surface area contributed by atoms with Gasteiger partial charge in [-0.3, -0.25) is 0 Å². The molecule has 0 amide bonds. The van der Waals surface area contributed by atoms with E-state index < -0.39 is 0 Å². The van der Waals surface area contributed by atoms with Crippen molar-refractivity contribution < 1.29 is 4.52 Å². The summed E-state index contributed by atoms with van der Waals surface area (Å²) in [4.78, 5) is 4.31. The van der Waals surface area contributed by atoms with Gasteiger partial charge in [-0.2, -0.15) is 4.98 Å². The lowest BCUT2D eigenvalue weighted by atomic mass is 10.1. The van der Waals surface area contributed by atoms with Crippen LogP contribution >= 0.6 is 0 Å². The second kappa shape index (κ2) is 2.69. The number of nitrogens with zero attached hydrogens (tertiary/aromatic N) is 2. The monoisotopic (exact) mass is 178 g/mol. The van der Waals surface area contributed by atoms with Crippen LogP contribution in [0.25, 0.3) is 0 Å². The zero-order chi connectivity index (χ0) is 9.47. The molecule has 0 saturated heterocycles. The Bertz CT molecular complexity index is 327. The van der Waals surface area contributed by atoms with Crippen LogP contribution in [0, 0.1) is 5.41 Å². The van der Waals surface area contributed by atoms with E-state index in [1.165, 1.54) is 0 Å². The fourth-order valence-electron chi connectivity index (χ4n) is 1.51. The van der Waals surface area contributed by atoms with E-state index in [9.17, 15) is 0 Å². The van der Waals surface area contributed by atoms with Gasteiger partial charge in [0, 0.05) is 12.3 Å². The van der Waals surface area contributed by atoms with Crippen LogP contribution in [0.2, 0.25) is 0 Å². The smallest absolute Gasteiger partial charge is 0.230 e. The molecule has 3 nitrogen and oxygen atoms in total. The quantitative estimate of drug-likeness (QED) is 0.667. The molecule has 0 bridgehead atoms. The fraction of sp³-hybridized carbons (Fsp3) is 0.600. The van der Waals surface area contributed by atoms with Crippen LogP contribution in [0.3, 0.4) is 0 Å². The molecule has 1 aromatic rings. The van der Waals surface area contributed by atoms with Crippen molar-refractivity contribution in [3.63, 3.8) is 0 Å². The summed E-state index contributed by atoms with van der Waals surface area (Å²) in [6.45, 7) is 8.07. The maximum Gasteiger partial charge on any atom is 0.230 e. The minimum Gasteiger partial charge on any atom is -0.339 e. The molecule has 0 aliphatic heterocycles. The predicted molar refractivity (Wildman–Crippen MR) is 49.3 cm³/mol. The third kappa shape index (κ3) is 1.50. The summed E-state index contributed by atoms with van der Waals surface area (Å²) in [5, 5.41) is 3.88. The Labute approximate surface area is 77.8 Å². The number of hydrogen-bond acceptors (Lipinski definition) is 3. The van der Waals surface area contributed by atoms with Crippen molar-refractivity contribution in [1.29, 1.82) is 0 Å². The van der Waals surface area contributed by atoms with E-state index in [1.807, 2.05) is 0 Å². The lowest BCUT2D eigenvalue weighted by Gasteiger charge is -1.95. The maximum atomic E-state index is 5.17. The highest BCUT2D eigenvalue weighted by Gasteiger charge is 2.50. The third-order valence-electron chi connectivity index (χ3n) is 2.62. The van der Waals surface area contributed by atoms with Crippen LogP contribution in [0.1, 0.15) is 37.9 Å². The highest BCUT2D eigenvalue weighted by Crippen LogP contribution is 2.57. The van der Waals surface area contributed by atoms with Crippen molar-refractivity contribution in [2.45, 2.75) is 32.6 Å². The van der Waals surface area contributed by atoms with Crippen LogP contribution in [-0.2, 0) is 6.42 Å². The van der Waals surface area contributed by atoms with Gasteiger partial charge in [0.25, 0.3) is 0 Å². The molecule has 1 aliphatic carbocycles. The summed E-state index contributed by atoms with van der Waals surface area (Å²) in [5.74, 6) is 2.01. The average molecular weight is 178 g/mol. The summed E-state index contributed by atoms with van der Waals surface area (Å²) in [6.07, 6.45) is 3.63. The lowest BCUT2D eigenvalue weighted by Crippen LogP contribution is -1.90. The first kappa shape index (κ1) is 8.48. The summed E-state index contributed by atoms with van der Waals surface area (Å²) >= 11 is 0. The highest BCUT2D eigenvalue weighted by atomic mass is 16.5. The molecule has 1 unspecified atom stereocenters. The van der Waals surface area contributed by atoms with E-state index in [-0.39, 0.29) is 0 Å². The van der Waals surface area contributed by atoms with Crippen LogP contribution < -0.4 is 0 Å². The Morgan fingerprint density at radius 3 is 2.92 bits per heavy atom. The molecule has 0 N–H and O–H groups in total. The molecule has 1 saturated carbocycles. The Morgan fingerprint density at radius 1 is 1.69 bits per heavy atom. The topological polar surface area (TPSA) is 38.9 Å². The molecule has 1 aromatic heterocycles. The molecule has 0 radical (unpaired) electrons. The van der Waals surface area contributed by atoms with E-state index in [0.29, 0.717) is 17.8 Å². The van der Waals surface area contributed by atoms with Gasteiger partial charge in [-0.1, -0.05) is 25.1 Å². The summed E-state index contributed by atoms with van der Waals surface area (Å²) in [5.41, 5.74) is 0.359. The van der Waals surface area contributed by atoms with Crippen LogP contribution in [0.15, 0.2) is 17.2 Å². The van der Waals surface area contributed by atoms with Crippen molar-refractivity contribution in [1.82, 2.24) is 10.1 Å². The van der Waals surface area contributed by atoms with E-state index in [2.05, 4.69) is 30.6 Å². The van der Waals surface area contributed by atoms with Gasteiger partial charge in [0.05, 0.1) is 0 Å². The molecular formula is C10H14N2O. The molecule has 0 spiro atoms. The zero-order valence-electron chi connectivity index (χ0n) is 8.08. The Kier molecular flexibility index (Phi) is 1.75. The van der Waals surface area contributed by atoms with Gasteiger partial charge in [-0.25, -0.2) is 0 Å². The second-order valence-electron chi connectivity index (χ2n) is 4.29. The number of aromatic nitrogens is 2. The van der Waals surface area contributed by atoms with Crippen molar-refractivity contribution in [2.75, 3.05) is 0 Å². The Balaban J connectivity index is 2.11. The first-order valence-corrected chi connectivity index (χ1v) is 4.57. The summed E-state index contributed by atoms with van der Waals surface area (Å²) in [6, 6.07) is 0. The molecule has 13 heavy (non-hydrogen) atoms. The minimum absolute atomic E-state index is 0.359. The SMILES string of the molecule is C=CCc1noc(C2CC2(C)C)n1. The van der Waals surface area contributed by atoms with Crippen LogP contribution in [-0.4, -0.2) is 10.1 Å². The molecular weight excluding hydrogens is 164 g/mol. The average Bonchev–Trinajstić information content (AvgIpc) is 2.52. The first-order valence-electron chi connectivity index (χ1n) is 4.57. The van der Waals surface area contributed by atoms with E-state index in [4.69, 9.17) is 4.52 Å². The highest BCUT2D eigenvalue weighted by molar-refractivity contribution is 5.13. The van der Waals surface area contributed by atoms with Crippen molar-refractivity contribution in [2.24, 2.45) is 5.41 Å².